The molecule has 5 heteroatoms. The van der Waals surface area contributed by atoms with E-state index >= 15 is 0 Å². The number of benzene rings is 1. The molecule has 0 aliphatic heterocycles. The molecule has 0 atom stereocenters. The molecule has 5 nitrogen and oxygen atoms in total. The highest BCUT2D eigenvalue weighted by atomic mass is 16.5. The summed E-state index contributed by atoms with van der Waals surface area (Å²) in [5.41, 5.74) is 0.950. The molecule has 0 unspecified atom stereocenters. The van der Waals surface area contributed by atoms with Crippen LogP contribution in [-0.2, 0) is 16.0 Å². The predicted octanol–water partition coefficient (Wildman–Crippen LogP) is 5.38. The van der Waals surface area contributed by atoms with Crippen molar-refractivity contribution in [1.29, 1.82) is 5.26 Å². The van der Waals surface area contributed by atoms with Gasteiger partial charge in [0.15, 0.2) is 5.78 Å². The predicted molar refractivity (Wildman–Crippen MR) is 125 cm³/mol. The average Bonchev–Trinajstić information content (AvgIpc) is 3.64. The van der Waals surface area contributed by atoms with E-state index in [9.17, 15) is 9.59 Å². The van der Waals surface area contributed by atoms with Gasteiger partial charge in [-0.3, -0.25) is 9.59 Å². The van der Waals surface area contributed by atoms with Crippen molar-refractivity contribution in [3.05, 3.63) is 35.4 Å². The highest BCUT2D eigenvalue weighted by molar-refractivity contribution is 5.99. The zero-order chi connectivity index (χ0) is 22.7. The first kappa shape index (κ1) is 24.5. The lowest BCUT2D eigenvalue weighted by atomic mass is 9.90. The topological polar surface area (TPSA) is 79.2 Å². The van der Waals surface area contributed by atoms with Crippen LogP contribution >= 0.6 is 0 Å². The summed E-state index contributed by atoms with van der Waals surface area (Å²) in [7, 11) is 0. The minimum absolute atomic E-state index is 0.0697. The van der Waals surface area contributed by atoms with Crippen molar-refractivity contribution in [1.82, 2.24) is 5.32 Å². The summed E-state index contributed by atoms with van der Waals surface area (Å²) >= 11 is 0. The van der Waals surface area contributed by atoms with E-state index < -0.39 is 5.41 Å². The number of nitriles is 1. The Balaban J connectivity index is 1.21. The van der Waals surface area contributed by atoms with E-state index in [1.54, 1.807) is 0 Å². The van der Waals surface area contributed by atoms with Gasteiger partial charge in [0.05, 0.1) is 12.6 Å². The summed E-state index contributed by atoms with van der Waals surface area (Å²) in [5, 5.41) is 11.7. The number of hydrogen-bond donors (Lipinski definition) is 1. The van der Waals surface area contributed by atoms with E-state index in [4.69, 9.17) is 10.00 Å². The molecule has 0 bridgehead atoms. The van der Waals surface area contributed by atoms with Gasteiger partial charge >= 0.3 is 0 Å². The maximum Gasteiger partial charge on any atom is 0.251 e. The van der Waals surface area contributed by atoms with E-state index in [0.717, 1.165) is 38.4 Å². The number of nitrogens with zero attached hydrogens (tertiary/aromatic N) is 1. The lowest BCUT2D eigenvalue weighted by Crippen LogP contribution is -2.33. The molecule has 174 valence electrons. The standard InChI is InChI=1S/C27H38N2O3/c28-21-27(16-17-27)25(30)19-29-26(31)24-14-12-22(13-15-24)9-5-2-1-3-8-18-32-20-23-10-6-4-7-11-23/h12-15,23H,1-11,16-20H2,(H,29,31). The molecule has 2 aliphatic carbocycles. The molecule has 32 heavy (non-hydrogen) atoms. The van der Waals surface area contributed by atoms with Crippen LogP contribution in [0.5, 0.6) is 0 Å². The van der Waals surface area contributed by atoms with Crippen molar-refractivity contribution in [3.8, 4) is 6.07 Å². The molecule has 1 aromatic carbocycles. The fraction of sp³-hybridized carbons (Fsp3) is 0.667. The lowest BCUT2D eigenvalue weighted by molar-refractivity contribution is -0.121. The zero-order valence-corrected chi connectivity index (χ0v) is 19.4. The Morgan fingerprint density at radius 3 is 2.38 bits per heavy atom. The van der Waals surface area contributed by atoms with Crippen LogP contribution < -0.4 is 5.32 Å². The van der Waals surface area contributed by atoms with Crippen LogP contribution in [-0.4, -0.2) is 31.4 Å². The Morgan fingerprint density at radius 2 is 1.69 bits per heavy atom. The third-order valence-electron chi connectivity index (χ3n) is 6.96. The first-order chi connectivity index (χ1) is 15.6. The summed E-state index contributed by atoms with van der Waals surface area (Å²) < 4.78 is 5.87. The molecule has 0 saturated heterocycles. The second-order valence-corrected chi connectivity index (χ2v) is 9.59. The number of aryl methyl sites for hydroxylation is 1. The third kappa shape index (κ3) is 7.74. The normalized spacial score (nSPS) is 17.5. The van der Waals surface area contributed by atoms with Crippen LogP contribution in [0.25, 0.3) is 0 Å². The van der Waals surface area contributed by atoms with Crippen molar-refractivity contribution in [2.45, 2.75) is 83.5 Å². The van der Waals surface area contributed by atoms with Gasteiger partial charge in [0, 0.05) is 18.8 Å². The van der Waals surface area contributed by atoms with Crippen LogP contribution in [0, 0.1) is 22.7 Å². The molecule has 1 amide bonds. The van der Waals surface area contributed by atoms with Crippen LogP contribution in [0.1, 0.15) is 93.0 Å². The molecule has 1 N–H and O–H groups in total. The Morgan fingerprint density at radius 1 is 1.00 bits per heavy atom. The second-order valence-electron chi connectivity index (χ2n) is 9.59. The first-order valence-corrected chi connectivity index (χ1v) is 12.5. The van der Waals surface area contributed by atoms with Crippen molar-refractivity contribution in [2.75, 3.05) is 19.8 Å². The quantitative estimate of drug-likeness (QED) is 0.396. The molecule has 0 aromatic heterocycles. The molecule has 1 aromatic rings. The van der Waals surface area contributed by atoms with Gasteiger partial charge in [0.1, 0.15) is 5.41 Å². The summed E-state index contributed by atoms with van der Waals surface area (Å²) in [5.74, 6) is 0.368. The molecule has 3 rings (SSSR count). The molecular formula is C27H38N2O3. The van der Waals surface area contributed by atoms with Crippen LogP contribution in [0.2, 0.25) is 0 Å². The highest BCUT2D eigenvalue weighted by Gasteiger charge is 2.49. The van der Waals surface area contributed by atoms with Gasteiger partial charge in [0.2, 0.25) is 0 Å². The summed E-state index contributed by atoms with van der Waals surface area (Å²) in [6.45, 7) is 1.80. The minimum atomic E-state index is -0.834. The van der Waals surface area contributed by atoms with Gasteiger partial charge in [0.25, 0.3) is 5.91 Å². The Labute approximate surface area is 192 Å². The van der Waals surface area contributed by atoms with E-state index in [1.165, 1.54) is 56.9 Å². The largest absolute Gasteiger partial charge is 0.381 e. The molecule has 2 fully saturated rings. The number of nitrogens with one attached hydrogen (secondary N) is 1. The molecule has 2 aliphatic rings. The monoisotopic (exact) mass is 438 g/mol. The van der Waals surface area contributed by atoms with Gasteiger partial charge in [-0.05, 0) is 68.6 Å². The first-order valence-electron chi connectivity index (χ1n) is 12.5. The van der Waals surface area contributed by atoms with E-state index in [2.05, 4.69) is 11.4 Å². The SMILES string of the molecule is N#CC1(C(=O)CNC(=O)c2ccc(CCCCCCCOCC3CCCCC3)cc2)CC1. The smallest absolute Gasteiger partial charge is 0.251 e. The van der Waals surface area contributed by atoms with Crippen LogP contribution in [0.15, 0.2) is 24.3 Å². The number of hydrogen-bond acceptors (Lipinski definition) is 4. The summed E-state index contributed by atoms with van der Waals surface area (Å²) in [4.78, 5) is 24.3. The van der Waals surface area contributed by atoms with E-state index in [0.29, 0.717) is 18.4 Å². The molecule has 0 heterocycles. The Hall–Kier alpha value is -2.19. The number of unbranched alkanes of at least 4 members (excludes halogenated alkanes) is 4. The molecule has 2 saturated carbocycles. The number of Topliss-reactive ketones (excluding diaryl/α,β-unsaturated/α-hetero) is 1. The second kappa shape index (κ2) is 12.7. The number of amides is 1. The van der Waals surface area contributed by atoms with Gasteiger partial charge in [-0.1, -0.05) is 50.7 Å². The number of carbonyl (C=O) groups excluding carboxylic acids is 2. The van der Waals surface area contributed by atoms with Gasteiger partial charge in [-0.25, -0.2) is 0 Å². The fourth-order valence-electron chi connectivity index (χ4n) is 4.50. The summed E-state index contributed by atoms with van der Waals surface area (Å²) in [6.07, 6.45) is 15.1. The van der Waals surface area contributed by atoms with E-state index in [-0.39, 0.29) is 18.2 Å². The summed E-state index contributed by atoms with van der Waals surface area (Å²) in [6, 6.07) is 9.69. The highest BCUT2D eigenvalue weighted by Crippen LogP contribution is 2.45. The molecule has 0 spiro atoms. The number of ketones is 1. The molecule has 0 radical (unpaired) electrons. The lowest BCUT2D eigenvalue weighted by Gasteiger charge is -2.21. The number of carbonyl (C=O) groups is 2. The minimum Gasteiger partial charge on any atom is -0.381 e. The van der Waals surface area contributed by atoms with Crippen molar-refractivity contribution >= 4 is 11.7 Å². The Kier molecular flexibility index (Phi) is 9.74. The van der Waals surface area contributed by atoms with Crippen molar-refractivity contribution < 1.29 is 14.3 Å². The fourth-order valence-corrected chi connectivity index (χ4v) is 4.50. The number of rotatable bonds is 14. The van der Waals surface area contributed by atoms with Crippen molar-refractivity contribution in [2.24, 2.45) is 11.3 Å². The average molecular weight is 439 g/mol. The van der Waals surface area contributed by atoms with Crippen molar-refractivity contribution in [3.63, 3.8) is 0 Å². The third-order valence-corrected chi connectivity index (χ3v) is 6.96. The molecular weight excluding hydrogens is 400 g/mol. The van der Waals surface area contributed by atoms with Gasteiger partial charge < -0.3 is 10.1 Å². The maximum atomic E-state index is 12.2. The van der Waals surface area contributed by atoms with Gasteiger partial charge in [-0.2, -0.15) is 5.26 Å². The van der Waals surface area contributed by atoms with Crippen LogP contribution in [0.4, 0.5) is 0 Å². The van der Waals surface area contributed by atoms with Gasteiger partial charge in [-0.15, -0.1) is 0 Å². The van der Waals surface area contributed by atoms with E-state index in [1.807, 2.05) is 24.3 Å². The number of ether oxygens (including phenoxy) is 1. The Bertz CT molecular complexity index is 771. The van der Waals surface area contributed by atoms with Crippen LogP contribution in [0.3, 0.4) is 0 Å². The maximum absolute atomic E-state index is 12.2. The zero-order valence-electron chi connectivity index (χ0n) is 19.4.